The molecule has 27 heavy (non-hydrogen) atoms. The topological polar surface area (TPSA) is 20.2 Å². The fourth-order valence-corrected chi connectivity index (χ4v) is 7.32. The van der Waals surface area contributed by atoms with Crippen LogP contribution in [0.25, 0.3) is 5.57 Å². The summed E-state index contributed by atoms with van der Waals surface area (Å²) in [6.07, 6.45) is 13.3. The van der Waals surface area contributed by atoms with Crippen molar-refractivity contribution in [1.29, 1.82) is 0 Å². The van der Waals surface area contributed by atoms with E-state index in [2.05, 4.69) is 38.1 Å². The molecule has 2 fully saturated rings. The van der Waals surface area contributed by atoms with Crippen LogP contribution in [0.15, 0.2) is 42.0 Å². The van der Waals surface area contributed by atoms with E-state index in [0.29, 0.717) is 11.3 Å². The Balaban J connectivity index is 1.48. The highest BCUT2D eigenvalue weighted by Crippen LogP contribution is 2.64. The minimum Gasteiger partial charge on any atom is -0.393 e. The van der Waals surface area contributed by atoms with Gasteiger partial charge in [-0.1, -0.05) is 49.7 Å². The minimum absolute atomic E-state index is 0.0793. The van der Waals surface area contributed by atoms with Crippen LogP contribution in [-0.2, 0) is 0 Å². The van der Waals surface area contributed by atoms with Crippen molar-refractivity contribution < 1.29 is 5.11 Å². The normalized spacial score (nSPS) is 43.3. The number of aliphatic hydroxyl groups is 1. The van der Waals surface area contributed by atoms with Crippen LogP contribution in [0.4, 0.5) is 0 Å². The van der Waals surface area contributed by atoms with Gasteiger partial charge in [-0.05, 0) is 102 Å². The van der Waals surface area contributed by atoms with Gasteiger partial charge in [-0.3, -0.25) is 0 Å². The lowest BCUT2D eigenvalue weighted by atomic mass is 9.48. The maximum absolute atomic E-state index is 10.6. The van der Waals surface area contributed by atoms with E-state index in [1.807, 2.05) is 12.1 Å². The molecule has 2 saturated carbocycles. The summed E-state index contributed by atoms with van der Waals surface area (Å²) < 4.78 is 0. The zero-order chi connectivity index (χ0) is 18.8. The predicted octanol–water partition coefficient (Wildman–Crippen LogP) is 6.66. The molecular formula is C25H31ClO. The molecule has 0 radical (unpaired) electrons. The summed E-state index contributed by atoms with van der Waals surface area (Å²) in [5.41, 5.74) is 4.84. The van der Waals surface area contributed by atoms with Gasteiger partial charge in [-0.2, -0.15) is 0 Å². The molecule has 144 valence electrons. The second-order valence-electron chi connectivity index (χ2n) is 10.0. The van der Waals surface area contributed by atoms with Crippen molar-refractivity contribution in [2.75, 3.05) is 0 Å². The van der Waals surface area contributed by atoms with Crippen molar-refractivity contribution in [3.05, 3.63) is 52.6 Å². The molecule has 4 aliphatic rings. The second-order valence-corrected chi connectivity index (χ2v) is 10.4. The highest BCUT2D eigenvalue weighted by Gasteiger charge is 2.57. The number of hydrogen-bond acceptors (Lipinski definition) is 1. The Kier molecular flexibility index (Phi) is 4.15. The number of hydrogen-bond donors (Lipinski definition) is 1. The summed E-state index contributed by atoms with van der Waals surface area (Å²) in [5, 5.41) is 11.4. The molecule has 1 nitrogen and oxygen atoms in total. The van der Waals surface area contributed by atoms with Gasteiger partial charge in [0.1, 0.15) is 0 Å². The summed E-state index contributed by atoms with van der Waals surface area (Å²) in [5.74, 6) is 2.26. The Bertz CT molecular complexity index is 806. The van der Waals surface area contributed by atoms with Crippen LogP contribution in [0.1, 0.15) is 64.4 Å². The average Bonchev–Trinajstić information content (AvgIpc) is 2.97. The molecule has 0 spiro atoms. The maximum Gasteiger partial charge on any atom is 0.0596 e. The molecule has 1 aromatic carbocycles. The van der Waals surface area contributed by atoms with Crippen LogP contribution in [0.2, 0.25) is 5.02 Å². The molecule has 4 aliphatic carbocycles. The van der Waals surface area contributed by atoms with Crippen LogP contribution < -0.4 is 0 Å². The van der Waals surface area contributed by atoms with Crippen LogP contribution in [0, 0.1) is 28.6 Å². The van der Waals surface area contributed by atoms with Crippen molar-refractivity contribution in [2.24, 2.45) is 28.6 Å². The van der Waals surface area contributed by atoms with E-state index in [4.69, 9.17) is 11.6 Å². The van der Waals surface area contributed by atoms with E-state index < -0.39 is 0 Å². The standard InChI is InChI=1S/C25H31ClO/c1-24-13-11-17(16-3-6-19(26)7-4-16)15-18(24)5-8-20-21-9-10-23(27)25(21,2)14-12-22(20)24/h3-7,15,20-23,27H,8-14H2,1-2H3/t20-,21-,22-,23?,24-,25-/m0/s1. The van der Waals surface area contributed by atoms with Crippen molar-refractivity contribution >= 4 is 17.2 Å². The first-order valence-corrected chi connectivity index (χ1v) is 11.1. The Labute approximate surface area is 168 Å². The highest BCUT2D eigenvalue weighted by molar-refractivity contribution is 6.30. The number of fused-ring (bicyclic) bond motifs is 5. The molecule has 1 N–H and O–H groups in total. The van der Waals surface area contributed by atoms with E-state index in [1.165, 1.54) is 43.2 Å². The van der Waals surface area contributed by atoms with Gasteiger partial charge in [0.15, 0.2) is 0 Å². The smallest absolute Gasteiger partial charge is 0.0596 e. The van der Waals surface area contributed by atoms with Gasteiger partial charge in [0.05, 0.1) is 6.10 Å². The third kappa shape index (κ3) is 2.61. The monoisotopic (exact) mass is 382 g/mol. The van der Waals surface area contributed by atoms with Gasteiger partial charge in [0.2, 0.25) is 0 Å². The Morgan fingerprint density at radius 1 is 1.00 bits per heavy atom. The van der Waals surface area contributed by atoms with Gasteiger partial charge in [0.25, 0.3) is 0 Å². The van der Waals surface area contributed by atoms with Gasteiger partial charge in [0, 0.05) is 5.02 Å². The van der Waals surface area contributed by atoms with Gasteiger partial charge >= 0.3 is 0 Å². The van der Waals surface area contributed by atoms with Gasteiger partial charge in [-0.15, -0.1) is 0 Å². The van der Waals surface area contributed by atoms with Crippen molar-refractivity contribution in [2.45, 2.75) is 64.9 Å². The maximum atomic E-state index is 10.6. The SMILES string of the molecule is C[C@]12CCC(c3ccc(Cl)cc3)=CC1=CC[C@@H]1[C@@H]2CC[C@]2(C)C(O)CC[C@@H]12. The van der Waals surface area contributed by atoms with Crippen LogP contribution in [-0.4, -0.2) is 11.2 Å². The summed E-state index contributed by atoms with van der Waals surface area (Å²) in [6.45, 7) is 4.89. The van der Waals surface area contributed by atoms with E-state index >= 15 is 0 Å². The van der Waals surface area contributed by atoms with Crippen LogP contribution >= 0.6 is 11.6 Å². The van der Waals surface area contributed by atoms with Crippen LogP contribution in [0.3, 0.4) is 0 Å². The first-order valence-electron chi connectivity index (χ1n) is 10.8. The molecule has 0 amide bonds. The Morgan fingerprint density at radius 2 is 1.78 bits per heavy atom. The molecule has 1 unspecified atom stereocenters. The molecule has 6 atom stereocenters. The fourth-order valence-electron chi connectivity index (χ4n) is 7.19. The van der Waals surface area contributed by atoms with Gasteiger partial charge < -0.3 is 5.11 Å². The predicted molar refractivity (Wildman–Crippen MR) is 113 cm³/mol. The Morgan fingerprint density at radius 3 is 2.56 bits per heavy atom. The van der Waals surface area contributed by atoms with Gasteiger partial charge in [-0.25, -0.2) is 0 Å². The fraction of sp³-hybridized carbons (Fsp3) is 0.600. The lowest BCUT2D eigenvalue weighted by Gasteiger charge is -2.56. The van der Waals surface area contributed by atoms with E-state index in [-0.39, 0.29) is 11.5 Å². The third-order valence-electron chi connectivity index (χ3n) is 8.93. The van der Waals surface area contributed by atoms with Crippen molar-refractivity contribution in [3.8, 4) is 0 Å². The lowest BCUT2D eigenvalue weighted by molar-refractivity contribution is -0.0622. The zero-order valence-electron chi connectivity index (χ0n) is 16.5. The highest BCUT2D eigenvalue weighted by atomic mass is 35.5. The van der Waals surface area contributed by atoms with Crippen LogP contribution in [0.5, 0.6) is 0 Å². The first-order chi connectivity index (χ1) is 12.9. The molecule has 0 saturated heterocycles. The summed E-state index contributed by atoms with van der Waals surface area (Å²) in [7, 11) is 0. The zero-order valence-corrected chi connectivity index (χ0v) is 17.3. The molecule has 0 heterocycles. The Hall–Kier alpha value is -1.05. The second kappa shape index (κ2) is 6.22. The summed E-state index contributed by atoms with van der Waals surface area (Å²) in [4.78, 5) is 0. The van der Waals surface area contributed by atoms with Crippen molar-refractivity contribution in [3.63, 3.8) is 0 Å². The largest absolute Gasteiger partial charge is 0.393 e. The quantitative estimate of drug-likeness (QED) is 0.575. The average molecular weight is 383 g/mol. The molecule has 0 aliphatic heterocycles. The van der Waals surface area contributed by atoms with E-state index in [1.54, 1.807) is 5.57 Å². The number of benzene rings is 1. The summed E-state index contributed by atoms with van der Waals surface area (Å²) >= 11 is 6.08. The van der Waals surface area contributed by atoms with E-state index in [9.17, 15) is 5.11 Å². The molecule has 2 heteroatoms. The molecule has 0 bridgehead atoms. The van der Waals surface area contributed by atoms with E-state index in [0.717, 1.165) is 29.7 Å². The lowest BCUT2D eigenvalue weighted by Crippen LogP contribution is -2.50. The molecule has 1 aromatic rings. The molecule has 5 rings (SSSR count). The first kappa shape index (κ1) is 18.0. The number of aliphatic hydroxyl groups excluding tert-OH is 1. The molecule has 0 aromatic heterocycles. The minimum atomic E-state index is -0.0793. The third-order valence-corrected chi connectivity index (χ3v) is 9.19. The van der Waals surface area contributed by atoms with Crippen molar-refractivity contribution in [1.82, 2.24) is 0 Å². The molecular weight excluding hydrogens is 352 g/mol. The number of halogens is 1. The number of rotatable bonds is 1. The summed E-state index contributed by atoms with van der Waals surface area (Å²) in [6, 6.07) is 8.33. The number of allylic oxidation sites excluding steroid dienone is 4.